The van der Waals surface area contributed by atoms with E-state index in [-0.39, 0.29) is 18.0 Å². The van der Waals surface area contributed by atoms with E-state index in [2.05, 4.69) is 5.10 Å². The summed E-state index contributed by atoms with van der Waals surface area (Å²) in [6.07, 6.45) is 3.79. The van der Waals surface area contributed by atoms with Crippen LogP contribution in [-0.2, 0) is 13.7 Å². The number of carbonyl (C=O) groups excluding carboxylic acids is 1. The maximum absolute atomic E-state index is 12.2. The lowest BCUT2D eigenvalue weighted by Gasteiger charge is -2.05. The van der Waals surface area contributed by atoms with Crippen LogP contribution < -0.4 is 4.74 Å². The minimum Gasteiger partial charge on any atom is -0.486 e. The van der Waals surface area contributed by atoms with E-state index >= 15 is 0 Å². The lowest BCUT2D eigenvalue weighted by atomic mass is 10.2. The molecule has 0 amide bonds. The lowest BCUT2D eigenvalue weighted by Crippen LogP contribution is -2.00. The van der Waals surface area contributed by atoms with Gasteiger partial charge in [0.15, 0.2) is 0 Å². The first-order valence-electron chi connectivity index (χ1n) is 8.21. The molecule has 0 spiro atoms. The molecule has 0 bridgehead atoms. The molecular weight excluding hydrogens is 386 g/mol. The molecule has 144 valence electrons. The first-order chi connectivity index (χ1) is 13.3. The molecule has 0 aliphatic rings. The fourth-order valence-electron chi connectivity index (χ4n) is 2.44. The molecule has 0 fully saturated rings. The number of rotatable bonds is 7. The van der Waals surface area contributed by atoms with E-state index in [9.17, 15) is 14.9 Å². The van der Waals surface area contributed by atoms with E-state index in [0.29, 0.717) is 22.3 Å². The number of ketones is 1. The first-order valence-corrected chi connectivity index (χ1v) is 8.59. The van der Waals surface area contributed by atoms with Crippen LogP contribution in [0, 0.1) is 17.0 Å². The summed E-state index contributed by atoms with van der Waals surface area (Å²) in [6.45, 7) is 2.09. The number of furan rings is 1. The Morgan fingerprint density at radius 2 is 2.18 bits per heavy atom. The number of ether oxygens (including phenoxy) is 1. The summed E-state index contributed by atoms with van der Waals surface area (Å²) >= 11 is 5.98. The van der Waals surface area contributed by atoms with Crippen LogP contribution in [0.25, 0.3) is 6.08 Å². The molecule has 0 saturated heterocycles. The summed E-state index contributed by atoms with van der Waals surface area (Å²) < 4.78 is 12.5. The zero-order chi connectivity index (χ0) is 20.3. The number of benzene rings is 1. The van der Waals surface area contributed by atoms with Gasteiger partial charge in [-0.2, -0.15) is 5.10 Å². The van der Waals surface area contributed by atoms with Crippen molar-refractivity contribution in [3.63, 3.8) is 0 Å². The van der Waals surface area contributed by atoms with Crippen LogP contribution in [0.2, 0.25) is 5.02 Å². The van der Waals surface area contributed by atoms with Gasteiger partial charge < -0.3 is 9.15 Å². The summed E-state index contributed by atoms with van der Waals surface area (Å²) in [5.41, 5.74) is 0.338. The number of hydrogen-bond donors (Lipinski definition) is 0. The van der Waals surface area contributed by atoms with Crippen molar-refractivity contribution in [2.75, 3.05) is 0 Å². The van der Waals surface area contributed by atoms with E-state index in [1.165, 1.54) is 30.1 Å². The summed E-state index contributed by atoms with van der Waals surface area (Å²) in [7, 11) is 1.51. The van der Waals surface area contributed by atoms with Crippen molar-refractivity contribution in [2.24, 2.45) is 7.05 Å². The molecule has 0 radical (unpaired) electrons. The van der Waals surface area contributed by atoms with Crippen LogP contribution in [-0.4, -0.2) is 20.5 Å². The van der Waals surface area contributed by atoms with Gasteiger partial charge in [-0.15, -0.1) is 0 Å². The molecular formula is C19H16ClN3O5. The number of aryl methyl sites for hydroxylation is 2. The Balaban J connectivity index is 1.64. The Morgan fingerprint density at radius 3 is 2.89 bits per heavy atom. The monoisotopic (exact) mass is 401 g/mol. The highest BCUT2D eigenvalue weighted by Gasteiger charge is 2.23. The molecule has 3 rings (SSSR count). The molecule has 9 heteroatoms. The number of hydrogen-bond acceptors (Lipinski definition) is 6. The Hall–Kier alpha value is -3.39. The molecule has 3 aromatic rings. The molecule has 0 aliphatic carbocycles. The quantitative estimate of drug-likeness (QED) is 0.252. The third-order valence-corrected chi connectivity index (χ3v) is 4.26. The van der Waals surface area contributed by atoms with Gasteiger partial charge in [0, 0.05) is 12.1 Å². The molecule has 0 atom stereocenters. The number of halogens is 1. The second-order valence-electron chi connectivity index (χ2n) is 6.00. The van der Waals surface area contributed by atoms with Gasteiger partial charge in [-0.3, -0.25) is 19.6 Å². The van der Waals surface area contributed by atoms with Gasteiger partial charge in [0.25, 0.3) is 0 Å². The van der Waals surface area contributed by atoms with Gasteiger partial charge in [0.05, 0.1) is 4.92 Å². The highest BCUT2D eigenvalue weighted by molar-refractivity contribution is 6.31. The fourth-order valence-corrected chi connectivity index (χ4v) is 2.56. The third kappa shape index (κ3) is 4.47. The second-order valence-corrected chi connectivity index (χ2v) is 6.40. The molecule has 28 heavy (non-hydrogen) atoms. The summed E-state index contributed by atoms with van der Waals surface area (Å²) in [5, 5.41) is 15.5. The highest BCUT2D eigenvalue weighted by Crippen LogP contribution is 2.22. The van der Waals surface area contributed by atoms with Gasteiger partial charge in [-0.1, -0.05) is 11.6 Å². The van der Waals surface area contributed by atoms with E-state index in [1.807, 2.05) is 13.0 Å². The molecule has 8 nitrogen and oxygen atoms in total. The largest absolute Gasteiger partial charge is 0.486 e. The maximum atomic E-state index is 12.2. The van der Waals surface area contributed by atoms with Crippen LogP contribution in [0.4, 0.5) is 5.69 Å². The summed E-state index contributed by atoms with van der Waals surface area (Å²) in [5.74, 6) is 1.05. The SMILES string of the molecule is Cc1cc(OCc2ccc(/C=C/C(=O)c3nn(C)cc3[N+](=O)[O-])o2)ccc1Cl. The summed E-state index contributed by atoms with van der Waals surface area (Å²) in [4.78, 5) is 22.5. The average Bonchev–Trinajstić information content (AvgIpc) is 3.27. The Bertz CT molecular complexity index is 1070. The van der Waals surface area contributed by atoms with Gasteiger partial charge in [0.2, 0.25) is 11.5 Å². The first kappa shape index (κ1) is 19.4. The van der Waals surface area contributed by atoms with Crippen molar-refractivity contribution in [1.29, 1.82) is 0 Å². The molecule has 0 saturated carbocycles. The molecule has 2 aromatic heterocycles. The normalized spacial score (nSPS) is 11.1. The van der Waals surface area contributed by atoms with Gasteiger partial charge in [0.1, 0.15) is 30.1 Å². The van der Waals surface area contributed by atoms with Crippen LogP contribution in [0.15, 0.2) is 47.0 Å². The topological polar surface area (TPSA) is 100 Å². The van der Waals surface area contributed by atoms with Crippen LogP contribution in [0.1, 0.15) is 27.6 Å². The summed E-state index contributed by atoms with van der Waals surface area (Å²) in [6, 6.07) is 8.73. The Morgan fingerprint density at radius 1 is 1.39 bits per heavy atom. The van der Waals surface area contributed by atoms with E-state index in [4.69, 9.17) is 20.8 Å². The van der Waals surface area contributed by atoms with E-state index in [0.717, 1.165) is 5.56 Å². The third-order valence-electron chi connectivity index (χ3n) is 3.83. The van der Waals surface area contributed by atoms with E-state index in [1.54, 1.807) is 24.3 Å². The van der Waals surface area contributed by atoms with Crippen LogP contribution in [0.5, 0.6) is 5.75 Å². The molecule has 2 heterocycles. The number of aromatic nitrogens is 2. The lowest BCUT2D eigenvalue weighted by molar-refractivity contribution is -0.385. The Labute approximate surface area is 165 Å². The maximum Gasteiger partial charge on any atom is 0.318 e. The molecule has 0 aliphatic heterocycles. The van der Waals surface area contributed by atoms with Crippen molar-refractivity contribution < 1.29 is 18.9 Å². The van der Waals surface area contributed by atoms with Crippen molar-refractivity contribution in [3.8, 4) is 5.75 Å². The standard InChI is InChI=1S/C19H16ClN3O5/c1-12-9-14(5-7-16(12)20)27-11-15-4-3-13(28-15)6-8-18(24)19-17(23(25)26)10-22(2)21-19/h3-10H,11H2,1-2H3/b8-6+. The Kier molecular flexibility index (Phi) is 5.60. The molecule has 0 unspecified atom stereocenters. The smallest absolute Gasteiger partial charge is 0.318 e. The van der Waals surface area contributed by atoms with Gasteiger partial charge >= 0.3 is 5.69 Å². The highest BCUT2D eigenvalue weighted by atomic mass is 35.5. The van der Waals surface area contributed by atoms with Crippen LogP contribution in [0.3, 0.4) is 0 Å². The van der Waals surface area contributed by atoms with Crippen LogP contribution >= 0.6 is 11.6 Å². The zero-order valence-electron chi connectivity index (χ0n) is 15.1. The fraction of sp³-hybridized carbons (Fsp3) is 0.158. The number of nitrogens with zero attached hydrogens (tertiary/aromatic N) is 3. The predicted octanol–water partition coefficient (Wildman–Crippen LogP) is 4.36. The number of carbonyl (C=O) groups is 1. The molecule has 1 aromatic carbocycles. The predicted molar refractivity (Wildman–Crippen MR) is 102 cm³/mol. The average molecular weight is 402 g/mol. The minimum absolute atomic E-state index is 0.203. The van der Waals surface area contributed by atoms with E-state index < -0.39 is 10.7 Å². The minimum atomic E-state index is -0.644. The zero-order valence-corrected chi connectivity index (χ0v) is 15.8. The van der Waals surface area contributed by atoms with Gasteiger partial charge in [-0.05, 0) is 55.0 Å². The second kappa shape index (κ2) is 8.10. The van der Waals surface area contributed by atoms with Crippen molar-refractivity contribution in [2.45, 2.75) is 13.5 Å². The van der Waals surface area contributed by atoms with Gasteiger partial charge in [-0.25, -0.2) is 0 Å². The van der Waals surface area contributed by atoms with Crippen molar-refractivity contribution in [1.82, 2.24) is 9.78 Å². The van der Waals surface area contributed by atoms with Crippen molar-refractivity contribution >= 4 is 29.1 Å². The number of allylic oxidation sites excluding steroid dienone is 1. The number of nitro groups is 1. The van der Waals surface area contributed by atoms with Crippen molar-refractivity contribution in [3.05, 3.63) is 80.5 Å². The molecule has 0 N–H and O–H groups in total.